The zero-order chi connectivity index (χ0) is 22.8. The Morgan fingerprint density at radius 3 is 2.91 bits per heavy atom. The number of fused-ring (bicyclic) bond motifs is 1. The van der Waals surface area contributed by atoms with Gasteiger partial charge in [-0.2, -0.15) is 0 Å². The van der Waals surface area contributed by atoms with Gasteiger partial charge in [-0.1, -0.05) is 29.5 Å². The van der Waals surface area contributed by atoms with E-state index in [1.54, 1.807) is 19.1 Å². The molecule has 9 heteroatoms. The van der Waals surface area contributed by atoms with Crippen LogP contribution in [0.2, 0.25) is 0 Å². The van der Waals surface area contributed by atoms with Crippen LogP contribution in [0.4, 0.5) is 5.13 Å². The van der Waals surface area contributed by atoms with Gasteiger partial charge in [0.2, 0.25) is 11.8 Å². The van der Waals surface area contributed by atoms with E-state index in [1.807, 2.05) is 31.2 Å². The molecule has 168 valence electrons. The number of phenolic OH excluding ortho intramolecular Hbond substituents is 1. The van der Waals surface area contributed by atoms with E-state index in [4.69, 9.17) is 4.74 Å². The van der Waals surface area contributed by atoms with E-state index in [0.29, 0.717) is 41.5 Å². The number of aromatic nitrogens is 1. The van der Waals surface area contributed by atoms with Gasteiger partial charge in [0.1, 0.15) is 17.0 Å². The third kappa shape index (κ3) is 4.53. The number of carbonyl (C=O) groups excluding carboxylic acids is 2. The van der Waals surface area contributed by atoms with Gasteiger partial charge in [0.15, 0.2) is 5.13 Å². The number of thiazole rings is 1. The number of hydrogen-bond acceptors (Lipinski definition) is 7. The monoisotopic (exact) mass is 455 g/mol. The molecule has 4 rings (SSSR count). The first-order valence-electron chi connectivity index (χ1n) is 10.5. The molecular formula is C23H25N3O5S. The molecule has 1 aromatic heterocycles. The van der Waals surface area contributed by atoms with Crippen LogP contribution in [0.25, 0.3) is 10.2 Å². The second-order valence-corrected chi connectivity index (χ2v) is 8.80. The number of aliphatic hydroxyl groups is 1. The van der Waals surface area contributed by atoms with Gasteiger partial charge in [-0.3, -0.25) is 9.59 Å². The van der Waals surface area contributed by atoms with Crippen LogP contribution in [0, 0.1) is 0 Å². The highest BCUT2D eigenvalue weighted by Gasteiger charge is 2.32. The number of para-hydroxylation sites is 1. The lowest BCUT2D eigenvalue weighted by atomic mass is 9.95. The molecular weight excluding hydrogens is 430 g/mol. The fourth-order valence-corrected chi connectivity index (χ4v) is 4.80. The lowest BCUT2D eigenvalue weighted by Gasteiger charge is -2.18. The molecule has 32 heavy (non-hydrogen) atoms. The number of hydrogen-bond donors (Lipinski definition) is 3. The highest BCUT2D eigenvalue weighted by Crippen LogP contribution is 2.34. The summed E-state index contributed by atoms with van der Waals surface area (Å²) < 4.78 is 6.44. The minimum Gasteiger partial charge on any atom is -0.506 e. The van der Waals surface area contributed by atoms with Gasteiger partial charge < -0.3 is 25.2 Å². The second-order valence-electron chi connectivity index (χ2n) is 7.77. The topological polar surface area (TPSA) is 112 Å². The maximum atomic E-state index is 12.5. The average Bonchev–Trinajstić information content (AvgIpc) is 3.32. The van der Waals surface area contributed by atoms with Gasteiger partial charge in [-0.05, 0) is 37.6 Å². The van der Waals surface area contributed by atoms with Gasteiger partial charge in [0.25, 0.3) is 0 Å². The number of likely N-dealkylation sites (tertiary alicyclic amines) is 1. The fraction of sp³-hybridized carbons (Fsp3) is 0.348. The number of rotatable bonds is 7. The van der Waals surface area contributed by atoms with Gasteiger partial charge in [-0.25, -0.2) is 4.98 Å². The Morgan fingerprint density at radius 1 is 1.38 bits per heavy atom. The van der Waals surface area contributed by atoms with Crippen molar-refractivity contribution in [2.45, 2.75) is 32.3 Å². The molecule has 2 aromatic carbocycles. The van der Waals surface area contributed by atoms with Crippen molar-refractivity contribution in [3.05, 3.63) is 47.5 Å². The predicted molar refractivity (Wildman–Crippen MR) is 122 cm³/mol. The molecule has 2 heterocycles. The van der Waals surface area contributed by atoms with E-state index in [0.717, 1.165) is 10.3 Å². The summed E-state index contributed by atoms with van der Waals surface area (Å²) in [5.41, 5.74) is 2.09. The van der Waals surface area contributed by atoms with Crippen LogP contribution >= 0.6 is 11.3 Å². The Morgan fingerprint density at radius 2 is 2.19 bits per heavy atom. The van der Waals surface area contributed by atoms with Gasteiger partial charge in [0, 0.05) is 24.4 Å². The van der Waals surface area contributed by atoms with E-state index < -0.39 is 6.10 Å². The summed E-state index contributed by atoms with van der Waals surface area (Å²) in [6, 6.07) is 10.7. The molecule has 1 fully saturated rings. The molecule has 0 aliphatic carbocycles. The molecule has 3 N–H and O–H groups in total. The number of aliphatic hydroxyl groups excluding tert-OH is 1. The summed E-state index contributed by atoms with van der Waals surface area (Å²) >= 11 is 1.26. The quantitative estimate of drug-likeness (QED) is 0.503. The molecule has 0 bridgehead atoms. The summed E-state index contributed by atoms with van der Waals surface area (Å²) in [6.45, 7) is 4.39. The summed E-state index contributed by atoms with van der Waals surface area (Å²) in [4.78, 5) is 30.9. The summed E-state index contributed by atoms with van der Waals surface area (Å²) in [6.07, 6.45) is -0.345. The van der Waals surface area contributed by atoms with Crippen LogP contribution in [0.5, 0.6) is 11.5 Å². The first-order chi connectivity index (χ1) is 15.4. The van der Waals surface area contributed by atoms with Crippen LogP contribution in [0.3, 0.4) is 0 Å². The van der Waals surface area contributed by atoms with Crippen LogP contribution in [0.1, 0.15) is 43.4 Å². The summed E-state index contributed by atoms with van der Waals surface area (Å²) in [5.74, 6) is 0.186. The number of ether oxygens (including phenoxy) is 1. The molecule has 0 radical (unpaired) electrons. The number of amides is 2. The van der Waals surface area contributed by atoms with Crippen molar-refractivity contribution in [1.82, 2.24) is 9.88 Å². The van der Waals surface area contributed by atoms with E-state index in [9.17, 15) is 19.8 Å². The lowest BCUT2D eigenvalue weighted by Crippen LogP contribution is -2.34. The highest BCUT2D eigenvalue weighted by atomic mass is 32.1. The summed E-state index contributed by atoms with van der Waals surface area (Å²) in [5, 5.41) is 22.9. The Kier molecular flexibility index (Phi) is 6.29. The molecule has 8 nitrogen and oxygen atoms in total. The maximum Gasteiger partial charge on any atom is 0.245 e. The Labute approximate surface area is 189 Å². The van der Waals surface area contributed by atoms with Crippen LogP contribution in [0.15, 0.2) is 36.4 Å². The van der Waals surface area contributed by atoms with Gasteiger partial charge in [-0.15, -0.1) is 0 Å². The SMILES string of the molecule is CCOc1cc([C@@H]2CC(=O)N(CC(=O)Nc3nc4c(O)cccc4s3)C2)ccc1C(C)O. The van der Waals surface area contributed by atoms with E-state index in [-0.39, 0.29) is 30.0 Å². The minimum absolute atomic E-state index is 0.0584. The third-order valence-electron chi connectivity index (χ3n) is 5.45. The number of nitrogens with one attached hydrogen (secondary N) is 1. The van der Waals surface area contributed by atoms with Crippen molar-refractivity contribution in [3.63, 3.8) is 0 Å². The van der Waals surface area contributed by atoms with E-state index >= 15 is 0 Å². The Balaban J connectivity index is 1.42. The third-order valence-corrected chi connectivity index (χ3v) is 6.39. The largest absolute Gasteiger partial charge is 0.506 e. The van der Waals surface area contributed by atoms with Gasteiger partial charge in [0.05, 0.1) is 24.0 Å². The van der Waals surface area contributed by atoms with Crippen molar-refractivity contribution < 1.29 is 24.5 Å². The molecule has 2 amide bonds. The maximum absolute atomic E-state index is 12.5. The molecule has 1 aliphatic heterocycles. The van der Waals surface area contributed by atoms with Gasteiger partial charge >= 0.3 is 0 Å². The van der Waals surface area contributed by atoms with Crippen molar-refractivity contribution in [2.24, 2.45) is 0 Å². The number of anilines is 1. The van der Waals surface area contributed by atoms with Crippen LogP contribution in [-0.2, 0) is 9.59 Å². The normalized spacial score (nSPS) is 17.0. The molecule has 1 unspecified atom stereocenters. The summed E-state index contributed by atoms with van der Waals surface area (Å²) in [7, 11) is 0. The molecule has 1 saturated heterocycles. The van der Waals surface area contributed by atoms with Crippen molar-refractivity contribution in [1.29, 1.82) is 0 Å². The van der Waals surface area contributed by atoms with Crippen molar-refractivity contribution in [3.8, 4) is 11.5 Å². The molecule has 1 aliphatic rings. The zero-order valence-electron chi connectivity index (χ0n) is 17.9. The molecule has 3 aromatic rings. The Hall–Kier alpha value is -3.17. The standard InChI is InChI=1S/C23H25N3O5S/c1-3-31-18-9-14(7-8-16(18)13(2)27)15-10-21(30)26(11-15)12-20(29)24-23-25-22-17(28)5-4-6-19(22)32-23/h4-9,13,15,27-28H,3,10-12H2,1-2H3,(H,24,25,29)/t13?,15-/m1/s1. The van der Waals surface area contributed by atoms with E-state index in [2.05, 4.69) is 10.3 Å². The first kappa shape index (κ1) is 22.0. The number of aromatic hydroxyl groups is 1. The molecule has 2 atom stereocenters. The Bertz CT molecular complexity index is 1160. The number of carbonyl (C=O) groups is 2. The van der Waals surface area contributed by atoms with E-state index in [1.165, 1.54) is 16.2 Å². The number of phenols is 1. The minimum atomic E-state index is -0.652. The first-order valence-corrected chi connectivity index (χ1v) is 11.3. The fourth-order valence-electron chi connectivity index (χ4n) is 3.90. The average molecular weight is 456 g/mol. The zero-order valence-corrected chi connectivity index (χ0v) is 18.7. The predicted octanol–water partition coefficient (Wildman–Crippen LogP) is 3.41. The van der Waals surface area contributed by atoms with Crippen LogP contribution in [-0.4, -0.2) is 51.6 Å². The number of benzene rings is 2. The molecule has 0 saturated carbocycles. The highest BCUT2D eigenvalue weighted by molar-refractivity contribution is 7.22. The molecule has 0 spiro atoms. The van der Waals surface area contributed by atoms with Crippen LogP contribution < -0.4 is 10.1 Å². The van der Waals surface area contributed by atoms with Crippen molar-refractivity contribution in [2.75, 3.05) is 25.0 Å². The second kappa shape index (κ2) is 9.13. The number of nitrogens with zero attached hydrogens (tertiary/aromatic N) is 2. The van der Waals surface area contributed by atoms with Crippen molar-refractivity contribution >= 4 is 38.5 Å². The lowest BCUT2D eigenvalue weighted by molar-refractivity contribution is -0.131. The smallest absolute Gasteiger partial charge is 0.245 e.